The molecule has 3 rings (SSSR count). The number of benzene rings is 1. The van der Waals surface area contributed by atoms with Gasteiger partial charge in [0.1, 0.15) is 0 Å². The molecule has 0 spiro atoms. The molecule has 2 fully saturated rings. The summed E-state index contributed by atoms with van der Waals surface area (Å²) in [5.74, 6) is -1.04. The second-order valence-corrected chi connectivity index (χ2v) is 6.01. The fraction of sp³-hybridized carbons (Fsp3) is 0.529. The molecule has 1 amide bonds. The molecule has 1 aromatic rings. The number of rotatable bonds is 3. The van der Waals surface area contributed by atoms with E-state index in [9.17, 15) is 9.59 Å². The van der Waals surface area contributed by atoms with Crippen LogP contribution in [0.15, 0.2) is 30.3 Å². The molecule has 0 saturated carbocycles. The molecule has 6 nitrogen and oxygen atoms in total. The van der Waals surface area contributed by atoms with Crippen molar-refractivity contribution in [3.05, 3.63) is 35.9 Å². The smallest absolute Gasteiger partial charge is 0.334 e. The Morgan fingerprint density at radius 3 is 2.48 bits per heavy atom. The molecular weight excluding hydrogens is 298 g/mol. The molecule has 23 heavy (non-hydrogen) atoms. The van der Waals surface area contributed by atoms with Crippen LogP contribution >= 0.6 is 0 Å². The van der Waals surface area contributed by atoms with Crippen LogP contribution in [0.2, 0.25) is 0 Å². The Hall–Kier alpha value is -1.92. The molecule has 1 atom stereocenters. The van der Waals surface area contributed by atoms with Crippen LogP contribution in [0.4, 0.5) is 0 Å². The van der Waals surface area contributed by atoms with Gasteiger partial charge in [-0.2, -0.15) is 0 Å². The lowest BCUT2D eigenvalue weighted by molar-refractivity contribution is -0.162. The molecule has 1 N–H and O–H groups in total. The summed E-state index contributed by atoms with van der Waals surface area (Å²) in [5.41, 5.74) is 0.353. The highest BCUT2D eigenvalue weighted by Gasteiger charge is 2.45. The predicted molar refractivity (Wildman–Crippen MR) is 82.1 cm³/mol. The van der Waals surface area contributed by atoms with Gasteiger partial charge < -0.3 is 19.5 Å². The first-order valence-corrected chi connectivity index (χ1v) is 7.90. The van der Waals surface area contributed by atoms with E-state index < -0.39 is 17.5 Å². The maximum absolute atomic E-state index is 13.3. The third-order valence-electron chi connectivity index (χ3n) is 4.71. The van der Waals surface area contributed by atoms with Crippen molar-refractivity contribution in [3.8, 4) is 0 Å². The Kier molecular flexibility index (Phi) is 4.63. The number of carboxylic acid groups (broad SMARTS) is 1. The highest BCUT2D eigenvalue weighted by molar-refractivity contribution is 5.89. The third-order valence-corrected chi connectivity index (χ3v) is 4.71. The summed E-state index contributed by atoms with van der Waals surface area (Å²) in [7, 11) is 0. The molecule has 6 heteroatoms. The molecule has 1 aromatic carbocycles. The second kappa shape index (κ2) is 6.68. The summed E-state index contributed by atoms with van der Waals surface area (Å²) in [5, 5.41) is 9.15. The molecule has 0 radical (unpaired) electrons. The van der Waals surface area contributed by atoms with Crippen molar-refractivity contribution < 1.29 is 24.2 Å². The number of amides is 1. The van der Waals surface area contributed by atoms with Crippen LogP contribution in [0.5, 0.6) is 0 Å². The average Bonchev–Trinajstić information content (AvgIpc) is 2.62. The standard InChI is InChI=1S/C17H21NO5/c19-15(20)14-12-18(8-11-23-14)16(21)17(6-9-22-10-7-17)13-4-2-1-3-5-13/h1-5,14H,6-12H2,(H,19,20)/t14-/m1/s1. The highest BCUT2D eigenvalue weighted by atomic mass is 16.5. The van der Waals surface area contributed by atoms with Crippen LogP contribution in [0.1, 0.15) is 18.4 Å². The van der Waals surface area contributed by atoms with Gasteiger partial charge in [-0.05, 0) is 18.4 Å². The van der Waals surface area contributed by atoms with Gasteiger partial charge in [-0.3, -0.25) is 4.79 Å². The minimum atomic E-state index is -1.02. The fourth-order valence-electron chi connectivity index (χ4n) is 3.39. The number of ether oxygens (including phenoxy) is 2. The van der Waals surface area contributed by atoms with Crippen LogP contribution < -0.4 is 0 Å². The van der Waals surface area contributed by atoms with Crippen molar-refractivity contribution in [2.45, 2.75) is 24.4 Å². The summed E-state index contributed by atoms with van der Waals surface area (Å²) in [6.45, 7) is 1.85. The Balaban J connectivity index is 1.88. The van der Waals surface area contributed by atoms with E-state index in [0.717, 1.165) is 5.56 Å². The molecule has 0 bridgehead atoms. The fourth-order valence-corrected chi connectivity index (χ4v) is 3.39. The first-order valence-electron chi connectivity index (χ1n) is 7.90. The number of morpholine rings is 1. The lowest BCUT2D eigenvalue weighted by atomic mass is 9.73. The van der Waals surface area contributed by atoms with E-state index in [1.165, 1.54) is 0 Å². The minimum absolute atomic E-state index is 0.0125. The van der Waals surface area contributed by atoms with E-state index in [-0.39, 0.29) is 19.1 Å². The number of aliphatic carboxylic acids is 1. The summed E-state index contributed by atoms with van der Waals surface area (Å²) in [6.07, 6.45) is 0.288. The van der Waals surface area contributed by atoms with E-state index in [1.807, 2.05) is 30.3 Å². The van der Waals surface area contributed by atoms with Crippen LogP contribution in [-0.4, -0.2) is 60.9 Å². The zero-order valence-electron chi connectivity index (χ0n) is 12.9. The van der Waals surface area contributed by atoms with E-state index in [0.29, 0.717) is 32.6 Å². The van der Waals surface area contributed by atoms with Gasteiger partial charge in [-0.1, -0.05) is 30.3 Å². The molecule has 0 unspecified atom stereocenters. The maximum Gasteiger partial charge on any atom is 0.334 e. The normalized spacial score (nSPS) is 24.2. The van der Waals surface area contributed by atoms with E-state index in [1.54, 1.807) is 4.90 Å². The largest absolute Gasteiger partial charge is 0.479 e. The number of hydrogen-bond donors (Lipinski definition) is 1. The van der Waals surface area contributed by atoms with E-state index in [2.05, 4.69) is 0 Å². The Morgan fingerprint density at radius 2 is 1.83 bits per heavy atom. The molecule has 2 saturated heterocycles. The number of hydrogen-bond acceptors (Lipinski definition) is 4. The predicted octanol–water partition coefficient (Wildman–Crippen LogP) is 1.05. The zero-order chi connectivity index (χ0) is 16.3. The maximum atomic E-state index is 13.3. The van der Waals surface area contributed by atoms with Crippen LogP contribution in [0, 0.1) is 0 Å². The highest BCUT2D eigenvalue weighted by Crippen LogP contribution is 2.37. The molecule has 2 aliphatic heterocycles. The number of carboxylic acids is 1. The lowest BCUT2D eigenvalue weighted by Gasteiger charge is -2.42. The van der Waals surface area contributed by atoms with Crippen molar-refractivity contribution in [1.29, 1.82) is 0 Å². The third kappa shape index (κ3) is 3.09. The number of carbonyl (C=O) groups excluding carboxylic acids is 1. The molecule has 2 aliphatic rings. The minimum Gasteiger partial charge on any atom is -0.479 e. The van der Waals surface area contributed by atoms with Crippen molar-refractivity contribution in [2.24, 2.45) is 0 Å². The summed E-state index contributed by atoms with van der Waals surface area (Å²) < 4.78 is 10.7. The van der Waals surface area contributed by atoms with Crippen molar-refractivity contribution in [3.63, 3.8) is 0 Å². The van der Waals surface area contributed by atoms with Crippen molar-refractivity contribution in [2.75, 3.05) is 32.9 Å². The average molecular weight is 319 g/mol. The summed E-state index contributed by atoms with van der Waals surface area (Å²) >= 11 is 0. The molecule has 2 heterocycles. The molecule has 124 valence electrons. The quantitative estimate of drug-likeness (QED) is 0.901. The monoisotopic (exact) mass is 319 g/mol. The second-order valence-electron chi connectivity index (χ2n) is 6.01. The first-order chi connectivity index (χ1) is 11.1. The topological polar surface area (TPSA) is 76.1 Å². The van der Waals surface area contributed by atoms with Gasteiger partial charge in [0.25, 0.3) is 0 Å². The molecule has 0 aromatic heterocycles. The van der Waals surface area contributed by atoms with Crippen LogP contribution in [-0.2, 0) is 24.5 Å². The Labute approximate surface area is 135 Å². The first kappa shape index (κ1) is 16.0. The van der Waals surface area contributed by atoms with E-state index in [4.69, 9.17) is 14.6 Å². The summed E-state index contributed by atoms with van der Waals surface area (Å²) in [4.78, 5) is 26.1. The van der Waals surface area contributed by atoms with Gasteiger partial charge in [0.15, 0.2) is 6.10 Å². The Bertz CT molecular complexity index is 568. The molecule has 0 aliphatic carbocycles. The van der Waals surface area contributed by atoms with Gasteiger partial charge in [-0.25, -0.2) is 4.79 Å². The van der Waals surface area contributed by atoms with E-state index >= 15 is 0 Å². The van der Waals surface area contributed by atoms with Gasteiger partial charge in [0, 0.05) is 19.8 Å². The van der Waals surface area contributed by atoms with Gasteiger partial charge in [0.05, 0.1) is 18.6 Å². The van der Waals surface area contributed by atoms with Crippen LogP contribution in [0.25, 0.3) is 0 Å². The van der Waals surface area contributed by atoms with Crippen LogP contribution in [0.3, 0.4) is 0 Å². The Morgan fingerprint density at radius 1 is 1.13 bits per heavy atom. The number of nitrogens with zero attached hydrogens (tertiary/aromatic N) is 1. The zero-order valence-corrected chi connectivity index (χ0v) is 12.9. The SMILES string of the molecule is O=C(O)[C@H]1CN(C(=O)C2(c3ccccc3)CCOCC2)CCO1. The van der Waals surface area contributed by atoms with Crippen molar-refractivity contribution >= 4 is 11.9 Å². The van der Waals surface area contributed by atoms with Crippen molar-refractivity contribution in [1.82, 2.24) is 4.90 Å². The lowest BCUT2D eigenvalue weighted by Crippen LogP contribution is -2.56. The van der Waals surface area contributed by atoms with Gasteiger partial charge in [-0.15, -0.1) is 0 Å². The molecular formula is C17H21NO5. The van der Waals surface area contributed by atoms with Gasteiger partial charge >= 0.3 is 5.97 Å². The summed E-state index contributed by atoms with van der Waals surface area (Å²) in [6, 6.07) is 9.73. The van der Waals surface area contributed by atoms with Gasteiger partial charge in [0.2, 0.25) is 5.91 Å². The number of carbonyl (C=O) groups is 2.